The average molecular weight is 417 g/mol. The van der Waals surface area contributed by atoms with Crippen LogP contribution in [0.25, 0.3) is 10.2 Å². The maximum absolute atomic E-state index is 10.8. The lowest BCUT2D eigenvalue weighted by atomic mass is 9.90. The quantitative estimate of drug-likeness (QED) is 0.278. The predicted octanol–water partition coefficient (Wildman–Crippen LogP) is 4.72. The van der Waals surface area contributed by atoms with Crippen molar-refractivity contribution < 1.29 is 9.66 Å². The maximum Gasteiger partial charge on any atom is 0.269 e. The van der Waals surface area contributed by atoms with Crippen molar-refractivity contribution in [1.82, 2.24) is 9.97 Å². The number of thiophene rings is 1. The van der Waals surface area contributed by atoms with Crippen LogP contribution in [-0.4, -0.2) is 20.5 Å². The van der Waals surface area contributed by atoms with Crippen molar-refractivity contribution in [2.45, 2.75) is 49.8 Å². The van der Waals surface area contributed by atoms with E-state index in [9.17, 15) is 10.1 Å². The van der Waals surface area contributed by atoms with Crippen LogP contribution in [0.1, 0.15) is 36.3 Å². The number of nitrogen functional groups attached to an aromatic ring is 1. The molecule has 4 rings (SSSR count). The van der Waals surface area contributed by atoms with E-state index in [1.54, 1.807) is 23.5 Å². The number of anilines is 1. The van der Waals surface area contributed by atoms with E-state index in [1.165, 1.54) is 34.3 Å². The number of nitrogens with two attached hydrogens (primary N) is 1. The summed E-state index contributed by atoms with van der Waals surface area (Å²) >= 11 is 3.09. The number of non-ortho nitro benzene ring substituents is 1. The molecule has 0 aliphatic carbocycles. The van der Waals surface area contributed by atoms with E-state index < -0.39 is 4.92 Å². The zero-order chi connectivity index (χ0) is 19.9. The first-order chi connectivity index (χ1) is 13.4. The van der Waals surface area contributed by atoms with Gasteiger partial charge in [0.25, 0.3) is 5.69 Å². The summed E-state index contributed by atoms with van der Waals surface area (Å²) in [7, 11) is 0. The highest BCUT2D eigenvalue weighted by atomic mass is 32.2. The minimum absolute atomic E-state index is 0.0844. The molecule has 1 aliphatic heterocycles. The molecule has 2 aromatic heterocycles. The van der Waals surface area contributed by atoms with Gasteiger partial charge in [-0.3, -0.25) is 10.1 Å². The lowest BCUT2D eigenvalue weighted by Gasteiger charge is -2.33. The third-order valence-electron chi connectivity index (χ3n) is 5.11. The van der Waals surface area contributed by atoms with E-state index in [1.807, 2.05) is 0 Å². The summed E-state index contributed by atoms with van der Waals surface area (Å²) in [6.45, 7) is 4.85. The Labute approximate surface area is 170 Å². The van der Waals surface area contributed by atoms with Crippen LogP contribution in [0, 0.1) is 10.1 Å². The number of thioether (sulfide) groups is 1. The normalized spacial score (nSPS) is 18.9. The van der Waals surface area contributed by atoms with Gasteiger partial charge in [-0.2, -0.15) is 0 Å². The lowest BCUT2D eigenvalue weighted by molar-refractivity contribution is -0.384. The molecule has 28 heavy (non-hydrogen) atoms. The number of benzene rings is 1. The SMILES string of the molecule is CC[C@@]1(C)Cc2c(sc3nc(SCc4ccc([N+](=O)[O-])cc4)nc(N)c23)CO1. The molecule has 1 aliphatic rings. The highest BCUT2D eigenvalue weighted by Gasteiger charge is 2.33. The van der Waals surface area contributed by atoms with E-state index in [0.29, 0.717) is 23.3 Å². The number of nitrogens with zero attached hydrogens (tertiary/aromatic N) is 3. The second-order valence-corrected chi connectivity index (χ2v) is 9.08. The molecular weight excluding hydrogens is 396 g/mol. The van der Waals surface area contributed by atoms with Crippen molar-refractivity contribution in [2.75, 3.05) is 5.73 Å². The Hall–Kier alpha value is -2.23. The molecule has 0 bridgehead atoms. The van der Waals surface area contributed by atoms with E-state index in [-0.39, 0.29) is 11.3 Å². The van der Waals surface area contributed by atoms with Crippen molar-refractivity contribution >= 4 is 44.8 Å². The summed E-state index contributed by atoms with van der Waals surface area (Å²) < 4.78 is 6.04. The molecule has 146 valence electrons. The minimum Gasteiger partial charge on any atom is -0.383 e. The molecule has 0 spiro atoms. The smallest absolute Gasteiger partial charge is 0.269 e. The Bertz CT molecular complexity index is 1050. The molecule has 0 saturated heterocycles. The third kappa shape index (κ3) is 3.57. The summed E-state index contributed by atoms with van der Waals surface area (Å²) in [5.74, 6) is 1.12. The van der Waals surface area contributed by atoms with E-state index in [0.717, 1.165) is 28.6 Å². The highest BCUT2D eigenvalue weighted by molar-refractivity contribution is 7.98. The van der Waals surface area contributed by atoms with Crippen molar-refractivity contribution in [3.05, 3.63) is 50.4 Å². The van der Waals surface area contributed by atoms with Crippen molar-refractivity contribution in [1.29, 1.82) is 0 Å². The average Bonchev–Trinajstić information content (AvgIpc) is 3.04. The molecule has 0 saturated carbocycles. The fourth-order valence-electron chi connectivity index (χ4n) is 3.23. The van der Waals surface area contributed by atoms with Gasteiger partial charge < -0.3 is 10.5 Å². The number of rotatable bonds is 5. The maximum atomic E-state index is 10.8. The van der Waals surface area contributed by atoms with Gasteiger partial charge in [-0.1, -0.05) is 30.8 Å². The highest BCUT2D eigenvalue weighted by Crippen LogP contribution is 2.41. The molecule has 3 aromatic rings. The number of nitro groups is 1. The Balaban J connectivity index is 1.57. The summed E-state index contributed by atoms with van der Waals surface area (Å²) in [5, 5.41) is 12.3. The second-order valence-electron chi connectivity index (χ2n) is 7.06. The number of aromatic nitrogens is 2. The van der Waals surface area contributed by atoms with Gasteiger partial charge in [-0.15, -0.1) is 11.3 Å². The van der Waals surface area contributed by atoms with E-state index >= 15 is 0 Å². The van der Waals surface area contributed by atoms with E-state index in [4.69, 9.17) is 15.5 Å². The molecule has 3 heterocycles. The Morgan fingerprint density at radius 2 is 2.11 bits per heavy atom. The van der Waals surface area contributed by atoms with E-state index in [2.05, 4.69) is 18.8 Å². The molecule has 1 aromatic carbocycles. The number of fused-ring (bicyclic) bond motifs is 3. The van der Waals surface area contributed by atoms with Crippen LogP contribution in [0.5, 0.6) is 0 Å². The third-order valence-corrected chi connectivity index (χ3v) is 7.12. The minimum atomic E-state index is -0.402. The Morgan fingerprint density at radius 3 is 2.79 bits per heavy atom. The first-order valence-electron chi connectivity index (χ1n) is 8.96. The van der Waals surface area contributed by atoms with Crippen LogP contribution in [0.4, 0.5) is 11.5 Å². The molecule has 0 amide bonds. The molecule has 1 atom stereocenters. The first-order valence-corrected chi connectivity index (χ1v) is 10.8. The summed E-state index contributed by atoms with van der Waals surface area (Å²) in [6, 6.07) is 6.51. The van der Waals surface area contributed by atoms with Gasteiger partial charge in [-0.25, -0.2) is 9.97 Å². The monoisotopic (exact) mass is 416 g/mol. The van der Waals surface area contributed by atoms with Gasteiger partial charge in [0.2, 0.25) is 0 Å². The fourth-order valence-corrected chi connectivity index (χ4v) is 5.21. The molecule has 0 radical (unpaired) electrons. The van der Waals surface area contributed by atoms with Crippen LogP contribution in [0.2, 0.25) is 0 Å². The number of hydrogen-bond acceptors (Lipinski definition) is 8. The van der Waals surface area contributed by atoms with Crippen LogP contribution in [0.15, 0.2) is 29.4 Å². The zero-order valence-electron chi connectivity index (χ0n) is 15.6. The number of ether oxygens (including phenoxy) is 1. The van der Waals surface area contributed by atoms with Crippen LogP contribution in [-0.2, 0) is 23.5 Å². The number of nitro benzene ring substituents is 1. The Kier molecular flexibility index (Phi) is 4.98. The van der Waals surface area contributed by atoms with Crippen LogP contribution < -0.4 is 5.73 Å². The second kappa shape index (κ2) is 7.31. The lowest BCUT2D eigenvalue weighted by Crippen LogP contribution is -2.33. The summed E-state index contributed by atoms with van der Waals surface area (Å²) in [4.78, 5) is 21.6. The first kappa shape index (κ1) is 19.1. The van der Waals surface area contributed by atoms with Crippen LogP contribution in [0.3, 0.4) is 0 Å². The van der Waals surface area contributed by atoms with Crippen molar-refractivity contribution in [3.8, 4) is 0 Å². The van der Waals surface area contributed by atoms with Crippen molar-refractivity contribution in [3.63, 3.8) is 0 Å². The van der Waals surface area contributed by atoms with Gasteiger partial charge in [0.1, 0.15) is 10.6 Å². The number of hydrogen-bond donors (Lipinski definition) is 1. The van der Waals surface area contributed by atoms with Gasteiger partial charge in [-0.05, 0) is 24.5 Å². The standard InChI is InChI=1S/C19H20N4O3S2/c1-3-19(2)8-13-14(9-26-19)28-17-15(13)16(20)21-18(22-17)27-10-11-4-6-12(7-5-11)23(24)25/h4-7H,3,8-10H2,1-2H3,(H2,20,21,22)/t19-/m0/s1. The molecule has 9 heteroatoms. The molecule has 7 nitrogen and oxygen atoms in total. The van der Waals surface area contributed by atoms with Crippen molar-refractivity contribution in [2.24, 2.45) is 0 Å². The molecule has 2 N–H and O–H groups in total. The van der Waals surface area contributed by atoms with Gasteiger partial charge in [0.05, 0.1) is 22.5 Å². The molecule has 0 fully saturated rings. The van der Waals surface area contributed by atoms with Crippen LogP contribution >= 0.6 is 23.1 Å². The summed E-state index contributed by atoms with van der Waals surface area (Å²) in [6.07, 6.45) is 1.76. The fraction of sp³-hybridized carbons (Fsp3) is 0.368. The molecular formula is C19H20N4O3S2. The Morgan fingerprint density at radius 1 is 1.36 bits per heavy atom. The van der Waals surface area contributed by atoms with Gasteiger partial charge in [0, 0.05) is 29.2 Å². The van der Waals surface area contributed by atoms with Gasteiger partial charge >= 0.3 is 0 Å². The zero-order valence-corrected chi connectivity index (χ0v) is 17.2. The van der Waals surface area contributed by atoms with Gasteiger partial charge in [0.15, 0.2) is 5.16 Å². The largest absolute Gasteiger partial charge is 0.383 e. The molecule has 0 unspecified atom stereocenters. The topological polar surface area (TPSA) is 104 Å². The summed E-state index contributed by atoms with van der Waals surface area (Å²) in [5.41, 5.74) is 8.41. The predicted molar refractivity (Wildman–Crippen MR) is 112 cm³/mol.